The van der Waals surface area contributed by atoms with Crippen LogP contribution in [-0.2, 0) is 11.2 Å². The summed E-state index contributed by atoms with van der Waals surface area (Å²) in [5.41, 5.74) is 2.64. The molecule has 1 heterocycles. The molecule has 3 heteroatoms. The van der Waals surface area contributed by atoms with E-state index in [9.17, 15) is 4.79 Å². The number of likely N-dealkylation sites (N-methyl/N-ethyl adjacent to an activating group) is 1. The van der Waals surface area contributed by atoms with Crippen LogP contribution in [0.25, 0.3) is 0 Å². The maximum atomic E-state index is 12.1. The van der Waals surface area contributed by atoms with Crippen molar-refractivity contribution in [3.8, 4) is 0 Å². The van der Waals surface area contributed by atoms with Gasteiger partial charge in [-0.1, -0.05) is 24.3 Å². The number of nitrogens with one attached hydrogen (secondary N) is 1. The molecule has 1 aromatic rings. The first-order valence-electron chi connectivity index (χ1n) is 7.18. The maximum Gasteiger partial charge on any atom is 0.223 e. The lowest BCUT2D eigenvalue weighted by Gasteiger charge is -2.20. The van der Waals surface area contributed by atoms with E-state index in [2.05, 4.69) is 36.5 Å². The van der Waals surface area contributed by atoms with Crippen LogP contribution in [0.3, 0.4) is 0 Å². The van der Waals surface area contributed by atoms with Gasteiger partial charge in [-0.05, 0) is 43.9 Å². The van der Waals surface area contributed by atoms with Crippen LogP contribution >= 0.6 is 0 Å². The van der Waals surface area contributed by atoms with Crippen molar-refractivity contribution in [2.75, 3.05) is 20.1 Å². The van der Waals surface area contributed by atoms with E-state index < -0.39 is 0 Å². The van der Waals surface area contributed by atoms with E-state index in [-0.39, 0.29) is 5.91 Å². The fourth-order valence-corrected chi connectivity index (χ4v) is 2.60. The Morgan fingerprint density at radius 3 is 2.89 bits per heavy atom. The maximum absolute atomic E-state index is 12.1. The topological polar surface area (TPSA) is 32.3 Å². The zero-order chi connectivity index (χ0) is 13.7. The lowest BCUT2D eigenvalue weighted by Crippen LogP contribution is -2.34. The van der Waals surface area contributed by atoms with Gasteiger partial charge in [0, 0.05) is 26.1 Å². The summed E-state index contributed by atoms with van der Waals surface area (Å²) in [5.74, 6) is 0.257. The first-order valence-corrected chi connectivity index (χ1v) is 7.18. The Bertz CT molecular complexity index is 425. The summed E-state index contributed by atoms with van der Waals surface area (Å²) in [6.45, 7) is 3.99. The van der Waals surface area contributed by atoms with Gasteiger partial charge in [-0.3, -0.25) is 4.79 Å². The van der Waals surface area contributed by atoms with Gasteiger partial charge in [0.05, 0.1) is 0 Å². The second-order valence-corrected chi connectivity index (χ2v) is 5.49. The minimum atomic E-state index is 0.257. The molecule has 0 aliphatic carbocycles. The van der Waals surface area contributed by atoms with Crippen LogP contribution in [0, 0.1) is 6.92 Å². The van der Waals surface area contributed by atoms with E-state index >= 15 is 0 Å². The molecule has 19 heavy (non-hydrogen) atoms. The number of rotatable bonds is 5. The number of nitrogens with zero attached hydrogens (tertiary/aromatic N) is 1. The molecule has 1 unspecified atom stereocenters. The second kappa shape index (κ2) is 6.71. The first kappa shape index (κ1) is 14.1. The third-order valence-corrected chi connectivity index (χ3v) is 3.99. The predicted octanol–water partition coefficient (Wildman–Crippen LogP) is 2.14. The third kappa shape index (κ3) is 4.06. The van der Waals surface area contributed by atoms with Gasteiger partial charge in [-0.25, -0.2) is 0 Å². The molecule has 0 bridgehead atoms. The third-order valence-electron chi connectivity index (χ3n) is 3.99. The highest BCUT2D eigenvalue weighted by Gasteiger charge is 2.19. The normalized spacial score (nSPS) is 18.5. The smallest absolute Gasteiger partial charge is 0.223 e. The molecule has 3 nitrogen and oxygen atoms in total. The lowest BCUT2D eigenvalue weighted by molar-refractivity contribution is -0.130. The Balaban J connectivity index is 1.78. The molecule has 1 aliphatic heterocycles. The molecular weight excluding hydrogens is 236 g/mol. The van der Waals surface area contributed by atoms with E-state index in [1.165, 1.54) is 17.5 Å². The molecule has 0 saturated carbocycles. The Hall–Kier alpha value is -1.35. The van der Waals surface area contributed by atoms with Crippen LogP contribution in [0.4, 0.5) is 0 Å². The zero-order valence-corrected chi connectivity index (χ0v) is 12.0. The van der Waals surface area contributed by atoms with Crippen LogP contribution < -0.4 is 5.32 Å². The highest BCUT2D eigenvalue weighted by atomic mass is 16.2. The molecule has 1 atom stereocenters. The Labute approximate surface area is 116 Å². The Morgan fingerprint density at radius 2 is 2.21 bits per heavy atom. The van der Waals surface area contributed by atoms with Crippen molar-refractivity contribution in [3.05, 3.63) is 35.4 Å². The van der Waals surface area contributed by atoms with Crippen molar-refractivity contribution < 1.29 is 4.79 Å². The Kier molecular flexibility index (Phi) is 4.97. The summed E-state index contributed by atoms with van der Waals surface area (Å²) in [5, 5.41) is 3.38. The molecule has 1 aliphatic rings. The van der Waals surface area contributed by atoms with Gasteiger partial charge in [-0.15, -0.1) is 0 Å². The van der Waals surface area contributed by atoms with Gasteiger partial charge < -0.3 is 10.2 Å². The van der Waals surface area contributed by atoms with Crippen LogP contribution in [0.1, 0.15) is 30.4 Å². The molecule has 1 N–H and O–H groups in total. The van der Waals surface area contributed by atoms with E-state index in [4.69, 9.17) is 0 Å². The van der Waals surface area contributed by atoms with E-state index in [0.29, 0.717) is 12.5 Å². The van der Waals surface area contributed by atoms with Crippen molar-refractivity contribution >= 4 is 5.91 Å². The largest absolute Gasteiger partial charge is 0.345 e. The van der Waals surface area contributed by atoms with E-state index in [1.54, 1.807) is 0 Å². The average Bonchev–Trinajstić information content (AvgIpc) is 2.90. The van der Waals surface area contributed by atoms with E-state index in [1.807, 2.05) is 11.9 Å². The highest BCUT2D eigenvalue weighted by molar-refractivity contribution is 5.76. The van der Waals surface area contributed by atoms with Gasteiger partial charge in [0.25, 0.3) is 0 Å². The monoisotopic (exact) mass is 260 g/mol. The number of aryl methyl sites for hydroxylation is 1. The Morgan fingerprint density at radius 1 is 1.42 bits per heavy atom. The standard InChI is InChI=1S/C16H24N2O/c1-13-6-3-4-7-14(13)9-11-18(2)16(19)12-15-8-5-10-17-15/h3-4,6-7,15,17H,5,8-12H2,1-2H3. The van der Waals surface area contributed by atoms with Gasteiger partial charge in [0.2, 0.25) is 5.91 Å². The molecule has 1 amide bonds. The van der Waals surface area contributed by atoms with Crippen LogP contribution in [0.5, 0.6) is 0 Å². The molecule has 1 aromatic carbocycles. The lowest BCUT2D eigenvalue weighted by atomic mass is 10.1. The minimum absolute atomic E-state index is 0.257. The van der Waals surface area contributed by atoms with Crippen LogP contribution in [-0.4, -0.2) is 37.0 Å². The van der Waals surface area contributed by atoms with Crippen molar-refractivity contribution in [2.24, 2.45) is 0 Å². The molecule has 0 spiro atoms. The molecule has 1 fully saturated rings. The number of carbonyl (C=O) groups excluding carboxylic acids is 1. The fourth-order valence-electron chi connectivity index (χ4n) is 2.60. The zero-order valence-electron chi connectivity index (χ0n) is 12.0. The SMILES string of the molecule is Cc1ccccc1CCN(C)C(=O)CC1CCCN1. The number of amides is 1. The second-order valence-electron chi connectivity index (χ2n) is 5.49. The van der Waals surface area contributed by atoms with Gasteiger partial charge in [0.15, 0.2) is 0 Å². The molecule has 0 radical (unpaired) electrons. The van der Waals surface area contributed by atoms with Crippen LogP contribution in [0.2, 0.25) is 0 Å². The highest BCUT2D eigenvalue weighted by Crippen LogP contribution is 2.11. The first-order chi connectivity index (χ1) is 9.16. The summed E-state index contributed by atoms with van der Waals surface area (Å²) >= 11 is 0. The molecule has 2 rings (SSSR count). The van der Waals surface area contributed by atoms with Gasteiger partial charge in [0.1, 0.15) is 0 Å². The number of benzene rings is 1. The van der Waals surface area contributed by atoms with Crippen LogP contribution in [0.15, 0.2) is 24.3 Å². The number of hydrogen-bond donors (Lipinski definition) is 1. The molecule has 104 valence electrons. The summed E-state index contributed by atoms with van der Waals surface area (Å²) in [4.78, 5) is 14.0. The van der Waals surface area contributed by atoms with Crippen molar-refractivity contribution in [1.82, 2.24) is 10.2 Å². The van der Waals surface area contributed by atoms with E-state index in [0.717, 1.165) is 25.9 Å². The van der Waals surface area contributed by atoms with Gasteiger partial charge in [-0.2, -0.15) is 0 Å². The van der Waals surface area contributed by atoms with Crippen molar-refractivity contribution in [3.63, 3.8) is 0 Å². The molecule has 1 saturated heterocycles. The van der Waals surface area contributed by atoms with Crippen molar-refractivity contribution in [2.45, 2.75) is 38.6 Å². The number of carbonyl (C=O) groups is 1. The minimum Gasteiger partial charge on any atom is -0.345 e. The van der Waals surface area contributed by atoms with Crippen molar-refractivity contribution in [1.29, 1.82) is 0 Å². The quantitative estimate of drug-likeness (QED) is 0.879. The summed E-state index contributed by atoms with van der Waals surface area (Å²) in [7, 11) is 1.91. The summed E-state index contributed by atoms with van der Waals surface area (Å²) in [6.07, 6.45) is 3.92. The summed E-state index contributed by atoms with van der Waals surface area (Å²) in [6, 6.07) is 8.78. The fraction of sp³-hybridized carbons (Fsp3) is 0.562. The van der Waals surface area contributed by atoms with Gasteiger partial charge >= 0.3 is 0 Å². The summed E-state index contributed by atoms with van der Waals surface area (Å²) < 4.78 is 0. The number of hydrogen-bond acceptors (Lipinski definition) is 2. The average molecular weight is 260 g/mol. The molecule has 0 aromatic heterocycles. The predicted molar refractivity (Wildman–Crippen MR) is 78.2 cm³/mol. The molecular formula is C16H24N2O.